The summed E-state index contributed by atoms with van der Waals surface area (Å²) in [5.41, 5.74) is -0.195. The zero-order chi connectivity index (χ0) is 34.3. The molecule has 1 aliphatic heterocycles. The fourth-order valence-electron chi connectivity index (χ4n) is 6.02. The summed E-state index contributed by atoms with van der Waals surface area (Å²) in [5.74, 6) is -6.63. The Kier molecular flexibility index (Phi) is 8.40. The van der Waals surface area contributed by atoms with Crippen molar-refractivity contribution in [2.75, 3.05) is 11.4 Å². The van der Waals surface area contributed by atoms with Crippen LogP contribution < -0.4 is 10.2 Å². The molecule has 1 saturated carbocycles. The summed E-state index contributed by atoms with van der Waals surface area (Å²) in [4.78, 5) is 36.0. The summed E-state index contributed by atoms with van der Waals surface area (Å²) >= 11 is 0. The molecule has 17 heteroatoms. The van der Waals surface area contributed by atoms with Crippen molar-refractivity contribution in [3.8, 4) is 6.19 Å². The van der Waals surface area contributed by atoms with Crippen LogP contribution in [0.15, 0.2) is 72.1 Å². The first-order valence-electron chi connectivity index (χ1n) is 14.4. The number of benzene rings is 1. The van der Waals surface area contributed by atoms with Gasteiger partial charge in [0.2, 0.25) is 11.8 Å². The van der Waals surface area contributed by atoms with E-state index in [0.29, 0.717) is 22.6 Å². The highest BCUT2D eigenvalue weighted by Gasteiger charge is 2.65. The maximum atomic E-state index is 14.6. The largest absolute Gasteiger partial charge is 0.351 e. The molecule has 252 valence electrons. The van der Waals surface area contributed by atoms with Crippen LogP contribution in [0.2, 0.25) is 0 Å². The highest BCUT2D eigenvalue weighted by Crippen LogP contribution is 3.02. The van der Waals surface area contributed by atoms with Crippen LogP contribution >= 0.6 is 10.2 Å². The van der Waals surface area contributed by atoms with Crippen LogP contribution in [0.4, 0.5) is 38.3 Å². The molecular formula is C30H28F8N6O2S. The van der Waals surface area contributed by atoms with Crippen molar-refractivity contribution in [1.82, 2.24) is 20.2 Å². The second-order valence-electron chi connectivity index (χ2n) is 11.6. The quantitative estimate of drug-likeness (QED) is 0.196. The maximum Gasteiger partial charge on any atom is 0.310 e. The zero-order valence-electron chi connectivity index (χ0n) is 24.4. The fourth-order valence-corrected chi connectivity index (χ4v) is 6.67. The Morgan fingerprint density at radius 3 is 2.26 bits per heavy atom. The molecular weight excluding hydrogens is 660 g/mol. The Bertz CT molecular complexity index is 1680. The van der Waals surface area contributed by atoms with Gasteiger partial charge in [0, 0.05) is 61.2 Å². The number of hydrogen-bond donors (Lipinski definition) is 1. The van der Waals surface area contributed by atoms with Crippen molar-refractivity contribution in [1.29, 1.82) is 5.26 Å². The highest BCUT2D eigenvalue weighted by molar-refractivity contribution is 8.45. The number of anilines is 1. The van der Waals surface area contributed by atoms with E-state index >= 15 is 0 Å². The third kappa shape index (κ3) is 7.58. The van der Waals surface area contributed by atoms with Gasteiger partial charge in [0.05, 0.1) is 6.20 Å². The fraction of sp³-hybridized carbons (Fsp3) is 0.367. The third-order valence-electron chi connectivity index (χ3n) is 8.30. The third-order valence-corrected chi connectivity index (χ3v) is 9.46. The molecule has 47 heavy (non-hydrogen) atoms. The van der Waals surface area contributed by atoms with E-state index in [0.717, 1.165) is 23.4 Å². The van der Waals surface area contributed by atoms with Crippen molar-refractivity contribution < 1.29 is 42.2 Å². The van der Waals surface area contributed by atoms with E-state index in [-0.39, 0.29) is 43.5 Å². The van der Waals surface area contributed by atoms with Gasteiger partial charge in [-0.25, -0.2) is 13.2 Å². The zero-order valence-corrected chi connectivity index (χ0v) is 25.2. The molecule has 1 N–H and O–H groups in total. The SMILES string of the molecule is N#CN1CCC(c2cccnc2)C1C(=O)N(c1ccc(S(F)(F)(F)(F)F)cc1)C(C(=O)NC1CCC(F)(F)CC1)c1cncc(F)c1. The van der Waals surface area contributed by atoms with E-state index in [1.807, 2.05) is 6.19 Å². The molecule has 0 spiro atoms. The van der Waals surface area contributed by atoms with Gasteiger partial charge in [-0.3, -0.25) is 29.4 Å². The number of pyridine rings is 2. The van der Waals surface area contributed by atoms with E-state index in [9.17, 15) is 47.5 Å². The van der Waals surface area contributed by atoms with Gasteiger partial charge in [0.15, 0.2) is 6.19 Å². The molecule has 3 atom stereocenters. The topological polar surface area (TPSA) is 102 Å². The lowest BCUT2D eigenvalue weighted by Gasteiger charge is -2.41. The van der Waals surface area contributed by atoms with Gasteiger partial charge in [-0.1, -0.05) is 25.5 Å². The first kappa shape index (κ1) is 33.9. The van der Waals surface area contributed by atoms with Gasteiger partial charge >= 0.3 is 10.2 Å². The van der Waals surface area contributed by atoms with Gasteiger partial charge in [-0.15, -0.1) is 0 Å². The minimum absolute atomic E-state index is 0.0640. The second-order valence-corrected chi connectivity index (χ2v) is 14.0. The molecule has 3 aromatic rings. The number of likely N-dealkylation sites (tertiary alicyclic amines) is 1. The molecule has 2 amide bonds. The van der Waals surface area contributed by atoms with E-state index in [4.69, 9.17) is 0 Å². The van der Waals surface area contributed by atoms with Crippen LogP contribution in [0.1, 0.15) is 55.2 Å². The van der Waals surface area contributed by atoms with Crippen LogP contribution in [0.5, 0.6) is 0 Å². The minimum atomic E-state index is -10.2. The molecule has 1 aliphatic carbocycles. The number of nitrogens with zero attached hydrogens (tertiary/aromatic N) is 5. The Balaban J connectivity index is 1.65. The van der Waals surface area contributed by atoms with Gasteiger partial charge in [0.1, 0.15) is 22.8 Å². The molecule has 2 aliphatic rings. The summed E-state index contributed by atoms with van der Waals surface area (Å²) in [7, 11) is -10.2. The molecule has 0 radical (unpaired) electrons. The summed E-state index contributed by atoms with van der Waals surface area (Å²) in [6, 6.07) is 1.32. The molecule has 3 unspecified atom stereocenters. The number of carbonyl (C=O) groups is 2. The number of hydrogen-bond acceptors (Lipinski definition) is 6. The van der Waals surface area contributed by atoms with Crippen LogP contribution in [0.3, 0.4) is 0 Å². The molecule has 2 fully saturated rings. The lowest BCUT2D eigenvalue weighted by Crippen LogP contribution is -2.53. The standard InChI is InChI=1S/C30H28F8N6O2S/c31-21-14-20(16-41-17-21)26(28(45)42-22-7-10-30(32,33)11-8-22)44(23-3-5-24(6-4-23)47(34,35,36,37)38)29(46)27-25(9-13-43(27)18-39)19-2-1-12-40-15-19/h1-6,12,14-17,22,25-27H,7-11,13H2,(H,42,45). The molecule has 1 saturated heterocycles. The second kappa shape index (κ2) is 11.7. The minimum Gasteiger partial charge on any atom is -0.351 e. The lowest BCUT2D eigenvalue weighted by molar-refractivity contribution is -0.129. The van der Waals surface area contributed by atoms with E-state index < -0.39 is 81.2 Å². The Morgan fingerprint density at radius 2 is 1.68 bits per heavy atom. The first-order valence-corrected chi connectivity index (χ1v) is 16.3. The number of alkyl halides is 2. The lowest BCUT2D eigenvalue weighted by atomic mass is 9.90. The van der Waals surface area contributed by atoms with Crippen molar-refractivity contribution in [2.45, 2.75) is 67.0 Å². The Labute approximate surface area is 264 Å². The van der Waals surface area contributed by atoms with Gasteiger partial charge < -0.3 is 5.32 Å². The van der Waals surface area contributed by atoms with Crippen molar-refractivity contribution in [3.05, 3.63) is 84.2 Å². The predicted octanol–water partition coefficient (Wildman–Crippen LogP) is 7.38. The molecule has 5 rings (SSSR count). The number of amides is 2. The summed E-state index contributed by atoms with van der Waals surface area (Å²) in [6.07, 6.45) is 5.53. The number of aromatic nitrogens is 2. The van der Waals surface area contributed by atoms with Crippen LogP contribution in [0.25, 0.3) is 0 Å². The number of nitrogens with one attached hydrogen (secondary N) is 1. The van der Waals surface area contributed by atoms with Crippen molar-refractivity contribution >= 4 is 27.7 Å². The number of rotatable bonds is 8. The van der Waals surface area contributed by atoms with E-state index in [1.54, 1.807) is 12.1 Å². The van der Waals surface area contributed by atoms with Crippen molar-refractivity contribution in [3.63, 3.8) is 0 Å². The van der Waals surface area contributed by atoms with E-state index in [1.165, 1.54) is 12.4 Å². The molecule has 3 heterocycles. The first-order chi connectivity index (χ1) is 21.9. The summed E-state index contributed by atoms with van der Waals surface area (Å²) in [6.45, 7) is 0.0676. The molecule has 0 bridgehead atoms. The Morgan fingerprint density at radius 1 is 1.00 bits per heavy atom. The van der Waals surface area contributed by atoms with Crippen LogP contribution in [-0.4, -0.2) is 51.2 Å². The average molecular weight is 689 g/mol. The number of carbonyl (C=O) groups excluding carboxylic acids is 2. The van der Waals surface area contributed by atoms with Crippen LogP contribution in [-0.2, 0) is 9.59 Å². The van der Waals surface area contributed by atoms with Gasteiger partial charge in [-0.05, 0) is 61.2 Å². The number of halogens is 8. The average Bonchev–Trinajstić information content (AvgIpc) is 3.44. The van der Waals surface area contributed by atoms with Gasteiger partial charge in [-0.2, -0.15) is 5.26 Å². The smallest absolute Gasteiger partial charge is 0.310 e. The summed E-state index contributed by atoms with van der Waals surface area (Å²) < 4.78 is 110. The molecule has 1 aromatic carbocycles. The van der Waals surface area contributed by atoms with E-state index in [2.05, 4.69) is 15.3 Å². The van der Waals surface area contributed by atoms with Crippen molar-refractivity contribution in [2.24, 2.45) is 0 Å². The van der Waals surface area contributed by atoms with Crippen LogP contribution in [0, 0.1) is 17.3 Å². The number of nitriles is 1. The Hall–Kier alpha value is -4.46. The normalized spacial score (nSPS) is 22.0. The predicted molar refractivity (Wildman–Crippen MR) is 155 cm³/mol. The summed E-state index contributed by atoms with van der Waals surface area (Å²) in [5, 5.41) is 12.5. The maximum absolute atomic E-state index is 14.6. The molecule has 2 aromatic heterocycles. The van der Waals surface area contributed by atoms with Gasteiger partial charge in [0.25, 0.3) is 5.91 Å². The molecule has 8 nitrogen and oxygen atoms in total. The monoisotopic (exact) mass is 688 g/mol. The highest BCUT2D eigenvalue weighted by atomic mass is 32.5.